The highest BCUT2D eigenvalue weighted by atomic mass is 16.6. The number of ether oxygens (including phenoxy) is 9. The van der Waals surface area contributed by atoms with Gasteiger partial charge in [-0.2, -0.15) is 0 Å². The molecule has 0 spiro atoms. The van der Waals surface area contributed by atoms with Crippen molar-refractivity contribution in [3.63, 3.8) is 0 Å². The van der Waals surface area contributed by atoms with Gasteiger partial charge in [-0.1, -0.05) is 204 Å². The Balaban J connectivity index is 0.000000228. The number of nitrogens with zero attached hydrogens (tertiary/aromatic N) is 2. The Labute approximate surface area is 904 Å². The van der Waals surface area contributed by atoms with E-state index in [2.05, 4.69) is 117 Å². The van der Waals surface area contributed by atoms with E-state index < -0.39 is 0 Å². The first-order chi connectivity index (χ1) is 72.6. The molecule has 0 radical (unpaired) electrons. The van der Waals surface area contributed by atoms with Crippen LogP contribution in [0.15, 0.2) is 72.9 Å². The predicted molar refractivity (Wildman–Crippen MR) is 598 cm³/mol. The Morgan fingerprint density at radius 3 is 0.779 bits per heavy atom. The lowest BCUT2D eigenvalue weighted by atomic mass is 9.49. The lowest BCUT2D eigenvalue weighted by molar-refractivity contribution is -0.167. The first kappa shape index (κ1) is 124. The van der Waals surface area contributed by atoms with E-state index in [0.717, 1.165) is 278 Å². The fraction of sp³-hybridized carbons (Fsp3) is 0.837. The molecule has 3 unspecified atom stereocenters. The third-order valence-corrected chi connectivity index (χ3v) is 35.9. The van der Waals surface area contributed by atoms with Crippen LogP contribution in [0.4, 0.5) is 0 Å². The van der Waals surface area contributed by atoms with Crippen LogP contribution in [0.1, 0.15) is 490 Å². The van der Waals surface area contributed by atoms with Crippen LogP contribution in [-0.4, -0.2) is 162 Å². The maximum atomic E-state index is 13.3. The minimum absolute atomic E-state index is 0.0914. The molecular weight excluding hydrogens is 1870 g/mol. The number of hydrogen-bond acceptors (Lipinski definition) is 20. The zero-order valence-electron chi connectivity index (χ0n) is 95.0. The Bertz CT molecular complexity index is 3830. The summed E-state index contributed by atoms with van der Waals surface area (Å²) in [6.45, 7) is 18.2. The highest BCUT2D eigenvalue weighted by molar-refractivity contribution is 5.77. The molecule has 3 atom stereocenters. The molecule has 14 bridgehead atoms. The molecule has 0 amide bonds. The SMILES string of the molecule is CCCCC/C=C\C/C=C\CCCCCCCC(=O)OCC(COC(=O)CC12CC3CC(CC(C3)C1)C2)COC(=O)C12CCC(CC1)CC2.CCCCC/C=C\C/C=C\CCCCCCCC(=O)OCC(COC(=O)CCCN(CCC)CCC)COC(=O)CC12CC3CC(CC(C3)C1)C2.CCCCC/C=C\C/C=C\CCCCCCCC(=O)OCC(COC(=O)CCCN1CCCC1)COC(=O)CC12CC3CC(CC(C3)C1)C2. The number of likely N-dealkylation sites (tertiary alicyclic amines) is 1. The van der Waals surface area contributed by atoms with Gasteiger partial charge in [0.05, 0.1) is 42.4 Å². The Kier molecular flexibility index (Phi) is 60.5. The van der Waals surface area contributed by atoms with Crippen LogP contribution in [0.25, 0.3) is 0 Å². The molecule has 0 aromatic carbocycles. The van der Waals surface area contributed by atoms with Crippen LogP contribution >= 0.6 is 0 Å². The summed E-state index contributed by atoms with van der Waals surface area (Å²) < 4.78 is 51.7. The largest absolute Gasteiger partial charge is 0.465 e. The quantitative estimate of drug-likeness (QED) is 0.0238. The average Bonchev–Trinajstić information content (AvgIpc) is 0.865. The molecule has 16 fully saturated rings. The molecule has 846 valence electrons. The van der Waals surface area contributed by atoms with Gasteiger partial charge in [-0.3, -0.25) is 43.2 Å². The summed E-state index contributed by atoms with van der Waals surface area (Å²) in [5, 5.41) is 0. The van der Waals surface area contributed by atoms with Crippen molar-refractivity contribution in [1.29, 1.82) is 0 Å². The summed E-state index contributed by atoms with van der Waals surface area (Å²) in [4.78, 5) is 121. The Morgan fingerprint density at radius 2 is 0.503 bits per heavy atom. The summed E-state index contributed by atoms with van der Waals surface area (Å²) in [7, 11) is 0. The molecule has 20 heteroatoms. The fourth-order valence-electron chi connectivity index (χ4n) is 29.1. The van der Waals surface area contributed by atoms with Crippen LogP contribution in [0.3, 0.4) is 0 Å². The minimum atomic E-state index is -0.362. The molecular formula is C129H212N2O18. The van der Waals surface area contributed by atoms with Gasteiger partial charge < -0.3 is 52.4 Å². The summed E-state index contributed by atoms with van der Waals surface area (Å²) in [6, 6.07) is 0. The highest BCUT2D eigenvalue weighted by Gasteiger charge is 2.55. The summed E-state index contributed by atoms with van der Waals surface area (Å²) in [6.07, 6.45) is 103. The summed E-state index contributed by atoms with van der Waals surface area (Å²) in [5.41, 5.74) is 0.0233. The minimum Gasteiger partial charge on any atom is -0.465 e. The van der Waals surface area contributed by atoms with Gasteiger partial charge >= 0.3 is 53.7 Å². The van der Waals surface area contributed by atoms with E-state index in [-0.39, 0.29) is 153 Å². The van der Waals surface area contributed by atoms with Gasteiger partial charge in [-0.15, -0.1) is 0 Å². The second-order valence-corrected chi connectivity index (χ2v) is 49.7. The van der Waals surface area contributed by atoms with Gasteiger partial charge in [0.2, 0.25) is 0 Å². The number of rotatable bonds is 79. The van der Waals surface area contributed by atoms with Crippen molar-refractivity contribution >= 4 is 53.7 Å². The number of esters is 9. The smallest absolute Gasteiger partial charge is 0.312 e. The maximum absolute atomic E-state index is 13.3. The normalized spacial score (nSPS) is 26.3. The summed E-state index contributed by atoms with van der Waals surface area (Å²) >= 11 is 0. The van der Waals surface area contributed by atoms with E-state index in [1.165, 1.54) is 225 Å². The van der Waals surface area contributed by atoms with Gasteiger partial charge in [-0.05, 0) is 423 Å². The van der Waals surface area contributed by atoms with E-state index in [1.54, 1.807) is 0 Å². The molecule has 20 nitrogen and oxygen atoms in total. The van der Waals surface area contributed by atoms with Gasteiger partial charge in [0, 0.05) is 32.1 Å². The van der Waals surface area contributed by atoms with Crippen LogP contribution in [0, 0.1) is 98.6 Å². The number of fused-ring (bicyclic) bond motifs is 3. The van der Waals surface area contributed by atoms with Crippen molar-refractivity contribution < 1.29 is 85.8 Å². The van der Waals surface area contributed by atoms with Gasteiger partial charge in [-0.25, -0.2) is 0 Å². The molecule has 1 aliphatic heterocycles. The van der Waals surface area contributed by atoms with Crippen LogP contribution in [0.5, 0.6) is 0 Å². The number of unbranched alkanes of at least 4 members (excludes halogenated alkanes) is 24. The van der Waals surface area contributed by atoms with Gasteiger partial charge in [0.25, 0.3) is 0 Å². The van der Waals surface area contributed by atoms with Crippen molar-refractivity contribution in [3.8, 4) is 0 Å². The first-order valence-electron chi connectivity index (χ1n) is 62.4. The average molecular weight is 2080 g/mol. The molecule has 1 saturated heterocycles. The molecule has 16 rings (SSSR count). The van der Waals surface area contributed by atoms with Crippen molar-refractivity contribution in [2.45, 2.75) is 490 Å². The second kappa shape index (κ2) is 72.4. The lowest BCUT2D eigenvalue weighted by Gasteiger charge is -2.56. The van der Waals surface area contributed by atoms with Crippen molar-refractivity contribution in [3.05, 3.63) is 72.9 Å². The van der Waals surface area contributed by atoms with E-state index in [4.69, 9.17) is 42.6 Å². The van der Waals surface area contributed by atoms with Crippen LogP contribution in [0.2, 0.25) is 0 Å². The molecule has 0 aromatic rings. The number of allylic oxidation sites excluding steroid dienone is 12. The monoisotopic (exact) mass is 2080 g/mol. The third-order valence-electron chi connectivity index (χ3n) is 35.9. The van der Waals surface area contributed by atoms with Crippen LogP contribution in [-0.2, 0) is 85.8 Å². The number of carbonyl (C=O) groups is 9. The van der Waals surface area contributed by atoms with Crippen molar-refractivity contribution in [2.24, 2.45) is 98.6 Å². The maximum Gasteiger partial charge on any atom is 0.312 e. The predicted octanol–water partition coefficient (Wildman–Crippen LogP) is 30.7. The Hall–Kier alpha value is -6.41. The Morgan fingerprint density at radius 1 is 0.262 bits per heavy atom. The number of hydrogen-bond donors (Lipinski definition) is 0. The lowest BCUT2D eigenvalue weighted by Crippen LogP contribution is -2.47. The van der Waals surface area contributed by atoms with E-state index in [9.17, 15) is 43.2 Å². The zero-order valence-corrected chi connectivity index (χ0v) is 95.0. The summed E-state index contributed by atoms with van der Waals surface area (Å²) in [5.74, 6) is 5.10. The van der Waals surface area contributed by atoms with Crippen LogP contribution < -0.4 is 0 Å². The zero-order chi connectivity index (χ0) is 106. The molecule has 0 aromatic heterocycles. The van der Waals surface area contributed by atoms with E-state index >= 15 is 0 Å². The standard InChI is InChI=1S/C44H75NO6.C43H68O6.C42H69NO6/c1-4-7-8-9-10-11-12-13-14-15-16-17-18-19-20-22-41(46)49-34-40(35-50-42(47)23-21-26-45(24-5-2)25-6-3)36-51-43(48)33-44-30-37-27-38(31-44)29-39(28-37)32-44;1-2-3-4-5-6-7-8-9-10-11-12-13-14-15-16-17-39(44)47-31-38(33-49-41(46)43-21-18-34(19-22-43)20-23-43)32-48-40(45)30-42-27-35-24-36(28-42)26-37(25-35)29-42;1-2-3-4-5-6-7-8-9-10-11-12-13-14-15-16-20-39(44)47-32-38(33-48-40(45)21-19-24-43-22-17-18-23-43)34-49-41(46)31-42-28-35-25-36(29-42)27-37(26-35)30-42/h10-11,13-14,37-40H,4-9,12,15-36H2,1-3H3;6-7,9-10,34-38H,2-5,8,11-33H2,1H3;6-7,9-10,35-38H,2-5,8,11-34H2,1H3/b11-10-,14-13-;2*7-6-,10-9-. The molecule has 15 aliphatic carbocycles. The van der Waals surface area contributed by atoms with Crippen molar-refractivity contribution in [1.82, 2.24) is 9.80 Å². The molecule has 149 heavy (non-hydrogen) atoms. The van der Waals surface area contributed by atoms with Gasteiger partial charge in [0.15, 0.2) is 0 Å². The van der Waals surface area contributed by atoms with E-state index in [1.807, 2.05) is 0 Å². The van der Waals surface area contributed by atoms with Gasteiger partial charge in [0.1, 0.15) is 59.5 Å². The molecule has 16 aliphatic rings. The molecule has 15 saturated carbocycles. The first-order valence-corrected chi connectivity index (χ1v) is 62.4. The fourth-order valence-corrected chi connectivity index (χ4v) is 29.1. The third kappa shape index (κ3) is 50.1. The number of carbonyl (C=O) groups excluding carboxylic acids is 9. The van der Waals surface area contributed by atoms with E-state index in [0.29, 0.717) is 51.4 Å². The highest BCUT2D eigenvalue weighted by Crippen LogP contribution is 2.64. The topological polar surface area (TPSA) is 243 Å². The molecule has 1 heterocycles. The second-order valence-electron chi connectivity index (χ2n) is 49.7. The molecule has 0 N–H and O–H groups in total. The van der Waals surface area contributed by atoms with Crippen molar-refractivity contribution in [2.75, 3.05) is 98.7 Å².